The molecule has 0 bridgehead atoms. The predicted octanol–water partition coefficient (Wildman–Crippen LogP) is 1.16. The van der Waals surface area contributed by atoms with E-state index in [2.05, 4.69) is 10.3 Å². The smallest absolute Gasteiger partial charge is 0.320 e. The van der Waals surface area contributed by atoms with Crippen LogP contribution in [0.1, 0.15) is 6.92 Å². The number of thioether (sulfide) groups is 1. The first kappa shape index (κ1) is 12.6. The van der Waals surface area contributed by atoms with Crippen LogP contribution in [-0.2, 0) is 6.54 Å². The number of benzene rings is 1. The van der Waals surface area contributed by atoms with Crippen LogP contribution >= 0.6 is 11.8 Å². The van der Waals surface area contributed by atoms with Crippen LogP contribution in [-0.4, -0.2) is 16.9 Å². The lowest BCUT2D eigenvalue weighted by Gasteiger charge is -2.07. The third-order valence-corrected chi connectivity index (χ3v) is 3.16. The zero-order chi connectivity index (χ0) is 12.8. The molecule has 0 aliphatic rings. The summed E-state index contributed by atoms with van der Waals surface area (Å²) in [6.07, 6.45) is 1.60. The molecule has 1 heterocycles. The summed E-state index contributed by atoms with van der Waals surface area (Å²) in [7, 11) is 0. The van der Waals surface area contributed by atoms with Crippen molar-refractivity contribution in [1.29, 1.82) is 0 Å². The van der Waals surface area contributed by atoms with Crippen LogP contribution in [0.4, 0.5) is 5.88 Å². The molecule has 0 fully saturated rings. The van der Waals surface area contributed by atoms with E-state index in [-0.39, 0.29) is 17.5 Å². The minimum Gasteiger partial charge on any atom is -0.861 e. The maximum Gasteiger partial charge on any atom is 0.320 e. The minimum absolute atomic E-state index is 0.233. The van der Waals surface area contributed by atoms with Crippen LogP contribution in [0.3, 0.4) is 0 Å². The molecule has 0 radical (unpaired) electrons. The van der Waals surface area contributed by atoms with E-state index in [1.807, 2.05) is 37.3 Å². The van der Waals surface area contributed by atoms with E-state index in [1.54, 1.807) is 10.9 Å². The molecule has 0 aliphatic heterocycles. The third-order valence-electron chi connectivity index (χ3n) is 2.16. The van der Waals surface area contributed by atoms with Gasteiger partial charge < -0.3 is 5.11 Å². The summed E-state index contributed by atoms with van der Waals surface area (Å²) in [5.74, 6) is 0.301. The van der Waals surface area contributed by atoms with E-state index >= 15 is 0 Å². The molecule has 0 unspecified atom stereocenters. The zero-order valence-corrected chi connectivity index (χ0v) is 10.8. The Morgan fingerprint density at radius 1 is 1.44 bits per heavy atom. The van der Waals surface area contributed by atoms with E-state index in [4.69, 9.17) is 4.52 Å². The zero-order valence-electron chi connectivity index (χ0n) is 9.94. The summed E-state index contributed by atoms with van der Waals surface area (Å²) in [5.41, 5.74) is 0. The van der Waals surface area contributed by atoms with Crippen molar-refractivity contribution in [2.75, 3.05) is 5.75 Å². The second-order valence-electron chi connectivity index (χ2n) is 3.50. The molecule has 0 saturated carbocycles. The number of hydrogen-bond donors (Lipinski definition) is 0. The monoisotopic (exact) mass is 263 g/mol. The van der Waals surface area contributed by atoms with Crippen molar-refractivity contribution >= 4 is 23.5 Å². The Hall–Kier alpha value is -1.82. The first-order chi connectivity index (χ1) is 8.78. The van der Waals surface area contributed by atoms with Crippen LogP contribution < -0.4 is 9.79 Å². The molecular weight excluding hydrogens is 250 g/mol. The number of aliphatic imine (C=N–C) groups is 1. The molecule has 2 rings (SSSR count). The van der Waals surface area contributed by atoms with Crippen LogP contribution in [0.2, 0.25) is 0 Å². The van der Waals surface area contributed by atoms with Gasteiger partial charge in [0.2, 0.25) is 5.27 Å². The molecule has 94 valence electrons. The minimum atomic E-state index is -0.233. The number of rotatable bonds is 5. The van der Waals surface area contributed by atoms with Crippen molar-refractivity contribution in [3.63, 3.8) is 0 Å². The fraction of sp³-hybridized carbons (Fsp3) is 0.250. The van der Waals surface area contributed by atoms with Gasteiger partial charge in [-0.3, -0.25) is 4.52 Å². The van der Waals surface area contributed by atoms with Gasteiger partial charge in [-0.05, 0) is 25.0 Å². The number of aryl methyl sites for hydroxylation is 1. The fourth-order valence-electron chi connectivity index (χ4n) is 1.28. The predicted molar refractivity (Wildman–Crippen MR) is 66.6 cm³/mol. The van der Waals surface area contributed by atoms with Gasteiger partial charge in [-0.25, -0.2) is 4.99 Å². The first-order valence-corrected chi connectivity index (χ1v) is 6.55. The Bertz CT molecular complexity index is 525. The lowest BCUT2D eigenvalue weighted by Crippen LogP contribution is -2.32. The Balaban J connectivity index is 1.93. The molecular formula is C12H13N3O2S. The van der Waals surface area contributed by atoms with Gasteiger partial charge in [0.05, 0.1) is 0 Å². The first-order valence-electron chi connectivity index (χ1n) is 5.57. The van der Waals surface area contributed by atoms with Crippen molar-refractivity contribution < 1.29 is 14.3 Å². The molecule has 0 aliphatic carbocycles. The van der Waals surface area contributed by atoms with E-state index in [0.717, 1.165) is 4.90 Å². The topological polar surface area (TPSA) is 65.3 Å². The van der Waals surface area contributed by atoms with Crippen molar-refractivity contribution in [3.8, 4) is 0 Å². The lowest BCUT2D eigenvalue weighted by atomic mass is 10.4. The van der Waals surface area contributed by atoms with E-state index in [0.29, 0.717) is 6.54 Å². The fourth-order valence-corrected chi connectivity index (χ4v) is 1.99. The van der Waals surface area contributed by atoms with Gasteiger partial charge >= 0.3 is 5.88 Å². The highest BCUT2D eigenvalue weighted by Crippen LogP contribution is 2.17. The van der Waals surface area contributed by atoms with Crippen LogP contribution in [0.5, 0.6) is 0 Å². The molecule has 1 aromatic heterocycles. The normalized spacial score (nSPS) is 11.7. The molecule has 5 nitrogen and oxygen atoms in total. The third kappa shape index (κ3) is 3.59. The van der Waals surface area contributed by atoms with Crippen molar-refractivity contribution in [2.45, 2.75) is 18.4 Å². The second kappa shape index (κ2) is 6.20. The Kier molecular flexibility index (Phi) is 4.35. The lowest BCUT2D eigenvalue weighted by molar-refractivity contribution is -0.759. The summed E-state index contributed by atoms with van der Waals surface area (Å²) in [6.45, 7) is 2.62. The van der Waals surface area contributed by atoms with Crippen molar-refractivity contribution in [3.05, 3.63) is 36.5 Å². The second-order valence-corrected chi connectivity index (χ2v) is 4.55. The van der Waals surface area contributed by atoms with Crippen molar-refractivity contribution in [1.82, 2.24) is 5.27 Å². The van der Waals surface area contributed by atoms with E-state index < -0.39 is 0 Å². The van der Waals surface area contributed by atoms with Gasteiger partial charge in [-0.1, -0.05) is 22.9 Å². The maximum atomic E-state index is 11.6. The van der Waals surface area contributed by atoms with Gasteiger partial charge in [-0.2, -0.15) is 0 Å². The molecule has 0 spiro atoms. The Morgan fingerprint density at radius 3 is 2.89 bits per heavy atom. The molecule has 6 heteroatoms. The van der Waals surface area contributed by atoms with Crippen LogP contribution in [0.15, 0.2) is 50.9 Å². The molecule has 0 atom stereocenters. The molecule has 0 N–H and O–H groups in total. The summed E-state index contributed by atoms with van der Waals surface area (Å²) in [5, 5.41) is 15.3. The average molecular weight is 263 g/mol. The number of aromatic nitrogens is 2. The van der Waals surface area contributed by atoms with Gasteiger partial charge in [-0.15, -0.1) is 11.8 Å². The summed E-state index contributed by atoms with van der Waals surface area (Å²) < 4.78 is 6.47. The maximum absolute atomic E-state index is 11.6. The molecule has 0 amide bonds. The highest BCUT2D eigenvalue weighted by atomic mass is 32.2. The Labute approximate surface area is 109 Å². The van der Waals surface area contributed by atoms with Gasteiger partial charge in [0.1, 0.15) is 0 Å². The van der Waals surface area contributed by atoms with Gasteiger partial charge in [0.25, 0.3) is 6.20 Å². The Morgan fingerprint density at radius 2 is 2.22 bits per heavy atom. The standard InChI is InChI=1S/C12H13N3O2S/c1-2-15-8-12(17-14-15)13-11(16)9-18-10-6-4-3-5-7-10/h3-8H,2,9H2,1H3. The van der Waals surface area contributed by atoms with Gasteiger partial charge in [0, 0.05) is 10.6 Å². The van der Waals surface area contributed by atoms with E-state index in [1.165, 1.54) is 11.8 Å². The molecule has 0 saturated heterocycles. The largest absolute Gasteiger partial charge is 0.861 e. The van der Waals surface area contributed by atoms with E-state index in [9.17, 15) is 5.11 Å². The van der Waals surface area contributed by atoms with Crippen LogP contribution in [0, 0.1) is 0 Å². The molecule has 2 aromatic rings. The highest BCUT2D eigenvalue weighted by molar-refractivity contribution is 8.00. The number of nitrogens with zero attached hydrogens (tertiary/aromatic N) is 3. The molecule has 1 aromatic carbocycles. The number of hydrogen-bond acceptors (Lipinski definition) is 5. The van der Waals surface area contributed by atoms with Crippen molar-refractivity contribution in [2.24, 2.45) is 4.99 Å². The van der Waals surface area contributed by atoms with Gasteiger partial charge in [0.15, 0.2) is 6.54 Å². The quantitative estimate of drug-likeness (QED) is 0.351. The summed E-state index contributed by atoms with van der Waals surface area (Å²) in [4.78, 5) is 4.88. The highest BCUT2D eigenvalue weighted by Gasteiger charge is 2.06. The average Bonchev–Trinajstić information content (AvgIpc) is 2.85. The molecule has 18 heavy (non-hydrogen) atoms. The summed E-state index contributed by atoms with van der Waals surface area (Å²) in [6, 6.07) is 9.72. The van der Waals surface area contributed by atoms with Crippen LogP contribution in [0.25, 0.3) is 0 Å². The summed E-state index contributed by atoms with van der Waals surface area (Å²) >= 11 is 1.45. The SMILES string of the molecule is CC[n+]1cc(/N=C(/[O-])CSc2ccccc2)on1.